The molecule has 1 aliphatic rings. The zero-order chi connectivity index (χ0) is 31.4. The van der Waals surface area contributed by atoms with E-state index in [1.165, 1.54) is 19.8 Å². The van der Waals surface area contributed by atoms with Crippen molar-refractivity contribution in [3.8, 4) is 17.2 Å². The number of methoxy groups -OCH3 is 1. The first-order valence-electron chi connectivity index (χ1n) is 14.5. The second kappa shape index (κ2) is 13.1. The van der Waals surface area contributed by atoms with Crippen LogP contribution < -0.4 is 25.4 Å². The Labute approximate surface area is 261 Å². The largest absolute Gasteiger partial charge is 0.489 e. The first-order valence-corrected chi connectivity index (χ1v) is 14.8. The number of ether oxygens (including phenoxy) is 3. The summed E-state index contributed by atoms with van der Waals surface area (Å²) in [5.41, 5.74) is 2.28. The van der Waals surface area contributed by atoms with Crippen LogP contribution in [0.25, 0.3) is 10.9 Å². The molecule has 3 amide bonds. The Morgan fingerprint density at radius 1 is 1.00 bits per heavy atom. The minimum atomic E-state index is -0.424. The first-order chi connectivity index (χ1) is 21.0. The van der Waals surface area contributed by atoms with Crippen molar-refractivity contribution >= 4 is 51.6 Å². The minimum Gasteiger partial charge on any atom is -0.489 e. The molecule has 0 unspecified atom stereocenters. The molecule has 12 heteroatoms. The van der Waals surface area contributed by atoms with Crippen LogP contribution in [0, 0.1) is 5.92 Å². The van der Waals surface area contributed by atoms with Crippen LogP contribution in [0.15, 0.2) is 48.7 Å². The Morgan fingerprint density at radius 2 is 1.80 bits per heavy atom. The van der Waals surface area contributed by atoms with Crippen molar-refractivity contribution in [1.29, 1.82) is 0 Å². The normalized spacial score (nSPS) is 13.0. The van der Waals surface area contributed by atoms with Crippen LogP contribution in [0.5, 0.6) is 17.2 Å². The monoisotopic (exact) mass is 620 g/mol. The number of hydrogen-bond donors (Lipinski definition) is 3. The highest BCUT2D eigenvalue weighted by Gasteiger charge is 2.26. The number of aromatic nitrogens is 3. The van der Waals surface area contributed by atoms with E-state index in [0.29, 0.717) is 69.5 Å². The summed E-state index contributed by atoms with van der Waals surface area (Å²) in [4.78, 5) is 29.3. The van der Waals surface area contributed by atoms with Gasteiger partial charge in [-0.1, -0.05) is 32.4 Å². The number of benzene rings is 2. The van der Waals surface area contributed by atoms with E-state index in [0.717, 1.165) is 12.2 Å². The number of halogens is 1. The van der Waals surface area contributed by atoms with Crippen molar-refractivity contribution in [2.24, 2.45) is 5.92 Å². The minimum absolute atomic E-state index is 0.146. The molecule has 0 aliphatic heterocycles. The molecule has 3 N–H and O–H groups in total. The average molecular weight is 621 g/mol. The van der Waals surface area contributed by atoms with Crippen molar-refractivity contribution < 1.29 is 23.8 Å². The SMILES string of the molecule is COCCOc1cc2nccc(Oc3ccc(NC(=O)Nc4cc(C(C)(C)C)nn4CC4CC4)c(Cl)c3)c2cc1NC(C)=O. The molecule has 0 bridgehead atoms. The van der Waals surface area contributed by atoms with Crippen molar-refractivity contribution in [3.05, 3.63) is 59.4 Å². The number of amides is 3. The van der Waals surface area contributed by atoms with Crippen LogP contribution >= 0.6 is 11.6 Å². The fourth-order valence-electron chi connectivity index (χ4n) is 4.50. The van der Waals surface area contributed by atoms with E-state index in [-0.39, 0.29) is 11.3 Å². The molecule has 4 aromatic rings. The maximum Gasteiger partial charge on any atom is 0.324 e. The smallest absolute Gasteiger partial charge is 0.324 e. The number of hydrogen-bond acceptors (Lipinski definition) is 7. The lowest BCUT2D eigenvalue weighted by molar-refractivity contribution is -0.114. The molecule has 2 aromatic heterocycles. The molecule has 11 nitrogen and oxygen atoms in total. The summed E-state index contributed by atoms with van der Waals surface area (Å²) in [6.07, 6.45) is 3.97. The van der Waals surface area contributed by atoms with Crippen molar-refractivity contribution in [2.45, 2.75) is 52.5 Å². The predicted octanol–water partition coefficient (Wildman–Crippen LogP) is 7.21. The summed E-state index contributed by atoms with van der Waals surface area (Å²) in [7, 11) is 1.59. The summed E-state index contributed by atoms with van der Waals surface area (Å²) >= 11 is 6.57. The van der Waals surface area contributed by atoms with Crippen LogP contribution in [-0.2, 0) is 21.5 Å². The molecule has 1 aliphatic carbocycles. The number of anilines is 3. The highest BCUT2D eigenvalue weighted by atomic mass is 35.5. The maximum absolute atomic E-state index is 13.0. The molecule has 2 aromatic carbocycles. The van der Waals surface area contributed by atoms with E-state index in [9.17, 15) is 9.59 Å². The molecule has 0 radical (unpaired) electrons. The number of fused-ring (bicyclic) bond motifs is 1. The van der Waals surface area contributed by atoms with E-state index >= 15 is 0 Å². The van der Waals surface area contributed by atoms with Crippen molar-refractivity contribution in [3.63, 3.8) is 0 Å². The molecule has 1 fully saturated rings. The third-order valence-electron chi connectivity index (χ3n) is 6.99. The van der Waals surface area contributed by atoms with Gasteiger partial charge in [0.2, 0.25) is 5.91 Å². The molecule has 2 heterocycles. The van der Waals surface area contributed by atoms with Gasteiger partial charge in [-0.05, 0) is 43.0 Å². The van der Waals surface area contributed by atoms with Crippen LogP contribution in [-0.4, -0.2) is 47.0 Å². The molecular formula is C32H37ClN6O5. The number of urea groups is 1. The number of nitrogens with zero attached hydrogens (tertiary/aromatic N) is 3. The van der Waals surface area contributed by atoms with Gasteiger partial charge in [-0.2, -0.15) is 5.10 Å². The van der Waals surface area contributed by atoms with Crippen LogP contribution in [0.2, 0.25) is 5.02 Å². The number of carbonyl (C=O) groups excluding carboxylic acids is 2. The molecule has 232 valence electrons. The van der Waals surface area contributed by atoms with Crippen molar-refractivity contribution in [2.75, 3.05) is 36.3 Å². The standard InChI is InChI=1S/C32H37ClN6O5/c1-19(40)35-26-15-22-25(16-28(26)43-13-12-42-5)34-11-10-27(22)44-21-8-9-24(23(33)14-21)36-31(41)37-30-17-29(32(2,3)4)38-39(30)18-20-6-7-20/h8-11,14-17,20H,6-7,12-13,18H2,1-5H3,(H,35,40)(H2,36,37,41). The summed E-state index contributed by atoms with van der Waals surface area (Å²) < 4.78 is 18.9. The summed E-state index contributed by atoms with van der Waals surface area (Å²) in [5, 5.41) is 14.3. The van der Waals surface area contributed by atoms with Gasteiger partial charge < -0.3 is 24.8 Å². The van der Waals surface area contributed by atoms with Gasteiger partial charge in [-0.3, -0.25) is 15.1 Å². The number of nitrogens with one attached hydrogen (secondary N) is 3. The third kappa shape index (κ3) is 7.78. The lowest BCUT2D eigenvalue weighted by atomic mass is 9.92. The lowest BCUT2D eigenvalue weighted by Gasteiger charge is -2.15. The highest BCUT2D eigenvalue weighted by Crippen LogP contribution is 2.37. The van der Waals surface area contributed by atoms with Gasteiger partial charge in [0.1, 0.15) is 29.7 Å². The van der Waals surface area contributed by atoms with E-state index in [1.54, 1.807) is 49.7 Å². The molecule has 1 saturated carbocycles. The zero-order valence-corrected chi connectivity index (χ0v) is 26.2. The molecule has 0 atom stereocenters. The van der Waals surface area contributed by atoms with Gasteiger partial charge in [0.25, 0.3) is 0 Å². The predicted molar refractivity (Wildman–Crippen MR) is 171 cm³/mol. The molecule has 44 heavy (non-hydrogen) atoms. The summed E-state index contributed by atoms with van der Waals surface area (Å²) in [6.45, 7) is 9.18. The quantitative estimate of drug-likeness (QED) is 0.151. The van der Waals surface area contributed by atoms with Gasteiger partial charge in [0.05, 0.1) is 34.2 Å². The molecule has 0 saturated heterocycles. The van der Waals surface area contributed by atoms with Gasteiger partial charge >= 0.3 is 6.03 Å². The Morgan fingerprint density at radius 3 is 2.48 bits per heavy atom. The van der Waals surface area contributed by atoms with Gasteiger partial charge in [-0.25, -0.2) is 9.48 Å². The van der Waals surface area contributed by atoms with Crippen LogP contribution in [0.1, 0.15) is 46.2 Å². The van der Waals surface area contributed by atoms with E-state index < -0.39 is 6.03 Å². The van der Waals surface area contributed by atoms with Gasteiger partial charge in [0, 0.05) is 55.8 Å². The lowest BCUT2D eigenvalue weighted by Crippen LogP contribution is -2.22. The second-order valence-corrected chi connectivity index (χ2v) is 12.2. The van der Waals surface area contributed by atoms with E-state index in [4.69, 9.17) is 30.9 Å². The second-order valence-electron chi connectivity index (χ2n) is 11.8. The Balaban J connectivity index is 1.32. The molecular weight excluding hydrogens is 584 g/mol. The van der Waals surface area contributed by atoms with Gasteiger partial charge in [-0.15, -0.1) is 0 Å². The summed E-state index contributed by atoms with van der Waals surface area (Å²) in [5.74, 6) is 2.42. The average Bonchev–Trinajstić information content (AvgIpc) is 3.68. The highest BCUT2D eigenvalue weighted by molar-refractivity contribution is 6.34. The zero-order valence-electron chi connectivity index (χ0n) is 25.5. The number of pyridine rings is 1. The number of carbonyl (C=O) groups is 2. The number of rotatable bonds is 11. The maximum atomic E-state index is 13.0. The first kappa shape index (κ1) is 31.1. The topological polar surface area (TPSA) is 129 Å². The summed E-state index contributed by atoms with van der Waals surface area (Å²) in [6, 6.07) is 11.7. The fraction of sp³-hybridized carbons (Fsp3) is 0.375. The fourth-order valence-corrected chi connectivity index (χ4v) is 4.72. The molecule has 0 spiro atoms. The van der Waals surface area contributed by atoms with Crippen molar-refractivity contribution in [1.82, 2.24) is 14.8 Å². The Hall–Kier alpha value is -4.35. The van der Waals surface area contributed by atoms with Crippen LogP contribution in [0.4, 0.5) is 22.0 Å². The molecule has 5 rings (SSSR count). The Bertz CT molecular complexity index is 1680. The van der Waals surface area contributed by atoms with Gasteiger partial charge in [0.15, 0.2) is 0 Å². The van der Waals surface area contributed by atoms with Crippen LogP contribution in [0.3, 0.4) is 0 Å². The Kier molecular flexibility index (Phi) is 9.26. The van der Waals surface area contributed by atoms with E-state index in [1.807, 2.05) is 10.7 Å². The van der Waals surface area contributed by atoms with E-state index in [2.05, 4.69) is 41.7 Å². The third-order valence-corrected chi connectivity index (χ3v) is 7.31.